The Labute approximate surface area is 817 Å². The fraction of sp³-hybridized carbons (Fsp3) is 0.767. The normalized spacial score (nSPS) is 28.4. The first-order valence-electron chi connectivity index (χ1n) is 49.5. The quantitative estimate of drug-likeness (QED) is 0.0193. The number of hydrogen-bond donors (Lipinski definition) is 2. The summed E-state index contributed by atoms with van der Waals surface area (Å²) in [5.74, 6) is -18.0. The van der Waals surface area contributed by atoms with E-state index in [0.717, 1.165) is 15.4 Å². The molecule has 5 aliphatic rings. The second-order valence-electron chi connectivity index (χ2n) is 41.9. The van der Waals surface area contributed by atoms with Crippen LogP contribution < -0.4 is 0 Å². The van der Waals surface area contributed by atoms with Crippen molar-refractivity contribution in [2.45, 2.75) is 308 Å². The van der Waals surface area contributed by atoms with Crippen LogP contribution in [0.1, 0.15) is 254 Å². The third-order valence-electron chi connectivity index (χ3n) is 28.8. The molecule has 0 spiro atoms. The number of fused-ring (bicyclic) bond motifs is 5. The van der Waals surface area contributed by atoms with Crippen LogP contribution >= 0.6 is 0 Å². The number of likely N-dealkylation sites (N-methyl/N-ethyl adjacent to an activating group) is 7. The van der Waals surface area contributed by atoms with Gasteiger partial charge in [-0.1, -0.05) is 148 Å². The number of ketones is 6. The minimum atomic E-state index is -1.86. The number of amides is 7. The minimum Gasteiger partial charge on any atom is -0.463 e. The summed E-state index contributed by atoms with van der Waals surface area (Å²) >= 11 is 0. The second kappa shape index (κ2) is 54.5. The second-order valence-corrected chi connectivity index (χ2v) is 41.9. The molecule has 4 aliphatic carbocycles. The van der Waals surface area contributed by atoms with Gasteiger partial charge in [-0.2, -0.15) is 0 Å². The molecular weight excluding hydrogens is 1780 g/mol. The maximum Gasteiger partial charge on any atom is 0.511 e. The molecule has 0 aromatic heterocycles. The largest absolute Gasteiger partial charge is 0.511 e. The van der Waals surface area contributed by atoms with Gasteiger partial charge in [-0.25, -0.2) is 4.79 Å². The molecule has 13 unspecified atom stereocenters. The fourth-order valence-corrected chi connectivity index (χ4v) is 20.7. The van der Waals surface area contributed by atoms with Crippen molar-refractivity contribution in [3.05, 3.63) is 36.0 Å². The lowest BCUT2D eigenvalue weighted by atomic mass is 9.46. The highest BCUT2D eigenvalue weighted by molar-refractivity contribution is 6.02. The molecule has 1 saturated heterocycles. The van der Waals surface area contributed by atoms with Crippen molar-refractivity contribution < 1.29 is 134 Å². The molecule has 0 bridgehead atoms. The molecule has 1 aliphatic heterocycles. The van der Waals surface area contributed by atoms with E-state index < -0.39 is 252 Å². The number of aliphatic hydroxyl groups excluding tert-OH is 1. The van der Waals surface area contributed by atoms with Gasteiger partial charge in [0, 0.05) is 115 Å². The number of carbonyl (C=O) groups is 18. The monoisotopic (exact) mass is 1950 g/mol. The Bertz CT molecular complexity index is 4340. The molecule has 138 heavy (non-hydrogen) atoms. The fourth-order valence-electron chi connectivity index (χ4n) is 20.7. The van der Waals surface area contributed by atoms with Crippen LogP contribution in [0.4, 0.5) is 4.79 Å². The van der Waals surface area contributed by atoms with E-state index in [4.69, 9.17) is 37.9 Å². The Morgan fingerprint density at radius 2 is 0.993 bits per heavy atom. The maximum absolute atomic E-state index is 15.9. The highest BCUT2D eigenvalue weighted by Crippen LogP contribution is 2.67. The van der Waals surface area contributed by atoms with Crippen LogP contribution in [0.25, 0.3) is 0 Å². The zero-order valence-corrected chi connectivity index (χ0v) is 87.0. The average Bonchev–Trinajstić information content (AvgIpc) is 1.51. The molecule has 778 valence electrons. The van der Waals surface area contributed by atoms with E-state index in [0.29, 0.717) is 19.3 Å². The average molecular weight is 1950 g/mol. The van der Waals surface area contributed by atoms with Crippen LogP contribution in [0.15, 0.2) is 36.0 Å². The molecule has 5 rings (SSSR count). The Morgan fingerprint density at radius 3 is 1.51 bits per heavy atom. The summed E-state index contributed by atoms with van der Waals surface area (Å²) in [6.45, 7) is 30.9. The standard InChI is InChI=1S/C103H163N7O28/c1-27-29-30-66(15)93(138-100(129)137-59-136-89(122)36-34-87(120)134-46-44-132-42-41-131-43-45-133-86(119)33-35-88(121)135-58-84(117)103(130)40-38-74-72-32-31-70-54-71(111)37-39-101(70,18)90(72)83(116)56-102(74,103)19)92-82(115)53-69(28-2)95(124)104(20)57-85(118)105(21)75(47-60(3)4)81(114)55-73(64(11)12)96(125)106(22)76(48-61(5)6)80(113)51-67(16)79(112)52-68(17)94(123)107(23)77(49-62(7)8)97(126)108(24)78(50-63(9)10)98(127)109(25)91(65(13)14)99(128)110(92)26/h27,29,37,39,54,60-69,72-78,83,90-93,116,130H,28,30-36,38,40-53,55-59H2,1-26H3/b29-27+/t66-,67?,68?,69?,72?,73?,74?,75+,76?,77?,78?,83?,90?,91?,92?,93-,101+,102+,103+/m1/s1. The van der Waals surface area contributed by atoms with Crippen LogP contribution in [-0.4, -0.2) is 314 Å². The van der Waals surface area contributed by atoms with Gasteiger partial charge in [0.1, 0.15) is 54.9 Å². The molecular formula is C103H163N7O28. The van der Waals surface area contributed by atoms with E-state index in [1.807, 2.05) is 75.3 Å². The molecule has 0 radical (unpaired) electrons. The van der Waals surface area contributed by atoms with E-state index in [9.17, 15) is 77.3 Å². The zero-order chi connectivity index (χ0) is 104. The van der Waals surface area contributed by atoms with Gasteiger partial charge in [-0.05, 0) is 143 Å². The summed E-state index contributed by atoms with van der Waals surface area (Å²) in [5.41, 5.74) is -2.39. The maximum atomic E-state index is 15.9. The van der Waals surface area contributed by atoms with Crippen LogP contribution in [-0.2, 0) is 119 Å². The molecule has 35 nitrogen and oxygen atoms in total. The predicted octanol–water partition coefficient (Wildman–Crippen LogP) is 10.1. The van der Waals surface area contributed by atoms with Crippen molar-refractivity contribution in [3.63, 3.8) is 0 Å². The molecule has 7 amide bonds. The predicted molar refractivity (Wildman–Crippen MR) is 510 cm³/mol. The van der Waals surface area contributed by atoms with E-state index in [-0.39, 0.29) is 164 Å². The summed E-state index contributed by atoms with van der Waals surface area (Å²) in [4.78, 5) is 265. The lowest BCUT2D eigenvalue weighted by Crippen LogP contribution is -2.62. The number of aliphatic hydroxyl groups is 2. The summed E-state index contributed by atoms with van der Waals surface area (Å²) in [5, 5.41) is 23.7. The Morgan fingerprint density at radius 1 is 0.514 bits per heavy atom. The van der Waals surface area contributed by atoms with Crippen LogP contribution in [0.3, 0.4) is 0 Å². The third-order valence-corrected chi connectivity index (χ3v) is 28.8. The van der Waals surface area contributed by atoms with Crippen molar-refractivity contribution in [1.29, 1.82) is 0 Å². The van der Waals surface area contributed by atoms with Crippen LogP contribution in [0.5, 0.6) is 0 Å². The Hall–Kier alpha value is -9.48. The number of hydrogen-bond acceptors (Lipinski definition) is 28. The molecule has 0 aromatic rings. The highest BCUT2D eigenvalue weighted by Gasteiger charge is 2.68. The van der Waals surface area contributed by atoms with Gasteiger partial charge in [-0.3, -0.25) is 81.5 Å². The number of rotatable bonds is 36. The SMILES string of the molecule is C/C=C/C[C@@H](C)[C@@H](OC(=O)OCOC(=O)CCC(=O)OCCOCCOCCOC(=O)CCC(=O)OCC(=O)[C@@]1(O)CCC2C3CCC4=CC(=O)C=C[C@]4(C)C3C(O)C[C@@]21C)C1C(=O)CC(CC)C(=O)N(C)CC(=O)N(C)[C@@H](CC(C)C)C(=O)CC(C(C)C)C(=O)N(C)C(CC(C)C)C(=O)CC(C)C(=O)CC(C)C(=O)N(C)C(CC(C)C)C(=O)N(C)C(CC(C)C)C(=O)N(C)C(C(C)C)C(=O)N1C. The summed E-state index contributed by atoms with van der Waals surface area (Å²) in [6.07, 6.45) is 3.99. The van der Waals surface area contributed by atoms with Crippen LogP contribution in [0.2, 0.25) is 0 Å². The minimum absolute atomic E-state index is 0.0173. The molecule has 35 heteroatoms. The van der Waals surface area contributed by atoms with Crippen molar-refractivity contribution >= 4 is 106 Å². The molecule has 2 N–H and O–H groups in total. The number of Topliss-reactive ketones (excluding diaryl/α,β-unsaturated/α-hetero) is 5. The summed E-state index contributed by atoms with van der Waals surface area (Å²) in [6, 6.07) is -7.79. The molecule has 1 heterocycles. The lowest BCUT2D eigenvalue weighted by Gasteiger charge is -2.59. The Kier molecular flexibility index (Phi) is 47.0. The first-order chi connectivity index (χ1) is 64.5. The Balaban J connectivity index is 1.28. The number of esters is 4. The number of nitrogens with zero attached hydrogens (tertiary/aromatic N) is 7. The van der Waals surface area contributed by atoms with E-state index in [2.05, 4.69) is 0 Å². The van der Waals surface area contributed by atoms with Gasteiger partial charge in [0.05, 0.1) is 76.8 Å². The molecule has 4 fully saturated rings. The highest BCUT2D eigenvalue weighted by atomic mass is 16.8. The number of allylic oxidation sites excluding steroid dienone is 6. The van der Waals surface area contributed by atoms with Gasteiger partial charge in [0.2, 0.25) is 53.9 Å². The van der Waals surface area contributed by atoms with Crippen LogP contribution in [0, 0.1) is 93.7 Å². The van der Waals surface area contributed by atoms with Gasteiger partial charge < -0.3 is 82.4 Å². The van der Waals surface area contributed by atoms with E-state index >= 15 is 19.2 Å². The lowest BCUT2D eigenvalue weighted by molar-refractivity contribution is -0.181. The van der Waals surface area contributed by atoms with Crippen molar-refractivity contribution in [2.24, 2.45) is 93.7 Å². The summed E-state index contributed by atoms with van der Waals surface area (Å²) < 4.78 is 43.1. The van der Waals surface area contributed by atoms with Gasteiger partial charge in [-0.15, -0.1) is 0 Å². The molecule has 0 aromatic carbocycles. The number of ether oxygens (including phenoxy) is 8. The molecule has 3 saturated carbocycles. The van der Waals surface area contributed by atoms with Crippen molar-refractivity contribution in [1.82, 2.24) is 34.3 Å². The zero-order valence-electron chi connectivity index (χ0n) is 87.0. The summed E-state index contributed by atoms with van der Waals surface area (Å²) in [7, 11) is 9.85. The topological polar surface area (TPSA) is 444 Å². The number of carbonyl (C=O) groups excluding carboxylic acids is 18. The van der Waals surface area contributed by atoms with Gasteiger partial charge in [0.25, 0.3) is 0 Å². The molecule has 19 atom stereocenters. The van der Waals surface area contributed by atoms with E-state index in [1.54, 1.807) is 86.6 Å². The first kappa shape index (κ1) is 119. The first-order valence-corrected chi connectivity index (χ1v) is 49.5. The van der Waals surface area contributed by atoms with Gasteiger partial charge >= 0.3 is 30.0 Å². The third kappa shape index (κ3) is 32.0. The smallest absolute Gasteiger partial charge is 0.463 e. The van der Waals surface area contributed by atoms with Gasteiger partial charge in [0.15, 0.2) is 29.7 Å². The van der Waals surface area contributed by atoms with Crippen molar-refractivity contribution in [3.8, 4) is 0 Å². The van der Waals surface area contributed by atoms with Crippen molar-refractivity contribution in [2.75, 3.05) is 109 Å². The van der Waals surface area contributed by atoms with E-state index in [1.165, 1.54) is 73.8 Å².